The van der Waals surface area contributed by atoms with Gasteiger partial charge in [0, 0.05) is 15.8 Å². The molecule has 1 amide bonds. The van der Waals surface area contributed by atoms with Gasteiger partial charge in [-0.3, -0.25) is 10.1 Å². The number of hydrogen-bond acceptors (Lipinski definition) is 4. The third-order valence-electron chi connectivity index (χ3n) is 3.89. The van der Waals surface area contributed by atoms with Crippen molar-refractivity contribution in [2.24, 2.45) is 0 Å². The van der Waals surface area contributed by atoms with Gasteiger partial charge in [0.15, 0.2) is 5.13 Å². The van der Waals surface area contributed by atoms with Crippen molar-refractivity contribution in [3.8, 4) is 5.75 Å². The van der Waals surface area contributed by atoms with Crippen molar-refractivity contribution in [1.29, 1.82) is 0 Å². The number of nitrogens with one attached hydrogen (secondary N) is 1. The van der Waals surface area contributed by atoms with Crippen molar-refractivity contribution in [1.82, 2.24) is 4.98 Å². The molecule has 6 heteroatoms. The minimum absolute atomic E-state index is 0.00132. The number of amides is 1. The Balaban J connectivity index is 1.75. The molecule has 0 saturated carbocycles. The van der Waals surface area contributed by atoms with Gasteiger partial charge >= 0.3 is 0 Å². The van der Waals surface area contributed by atoms with Gasteiger partial charge < -0.3 is 4.74 Å². The zero-order valence-corrected chi connectivity index (χ0v) is 17.9. The van der Waals surface area contributed by atoms with Crippen LogP contribution in [0.15, 0.2) is 53.0 Å². The maximum atomic E-state index is 12.7. The molecule has 0 unspecified atom stereocenters. The lowest BCUT2D eigenvalue weighted by Gasteiger charge is -2.13. The second kappa shape index (κ2) is 8.67. The summed E-state index contributed by atoms with van der Waals surface area (Å²) in [5, 5.41) is 3.51. The first-order valence-corrected chi connectivity index (χ1v) is 10.3. The maximum absolute atomic E-state index is 12.7. The van der Waals surface area contributed by atoms with Crippen LogP contribution in [0.1, 0.15) is 40.3 Å². The molecule has 0 bridgehead atoms. The topological polar surface area (TPSA) is 51.2 Å². The number of ether oxygens (including phenoxy) is 1. The van der Waals surface area contributed by atoms with Gasteiger partial charge in [-0.05, 0) is 50.6 Å². The quantitative estimate of drug-likeness (QED) is 0.518. The van der Waals surface area contributed by atoms with E-state index < -0.39 is 0 Å². The normalized spacial score (nSPS) is 10.9. The molecule has 2 aromatic carbocycles. The van der Waals surface area contributed by atoms with Crippen molar-refractivity contribution in [2.75, 3.05) is 5.32 Å². The molecular weight excluding hydrogens is 424 g/mol. The molecule has 0 aliphatic carbocycles. The SMILES string of the molecule is Cc1nc(NC(=O)c2ccccc2OC(C)C)sc1Cc1ccc(Br)cc1. The Hall–Kier alpha value is -2.18. The van der Waals surface area contributed by atoms with Crippen molar-refractivity contribution in [3.05, 3.63) is 74.7 Å². The number of benzene rings is 2. The van der Waals surface area contributed by atoms with E-state index in [1.54, 1.807) is 12.1 Å². The molecule has 27 heavy (non-hydrogen) atoms. The van der Waals surface area contributed by atoms with Crippen LogP contribution in [0, 0.1) is 6.92 Å². The van der Waals surface area contributed by atoms with E-state index in [0.717, 1.165) is 21.5 Å². The van der Waals surface area contributed by atoms with Crippen molar-refractivity contribution in [2.45, 2.75) is 33.3 Å². The van der Waals surface area contributed by atoms with Gasteiger partial charge in [0.05, 0.1) is 17.4 Å². The van der Waals surface area contributed by atoms with Crippen LogP contribution >= 0.6 is 27.3 Å². The van der Waals surface area contributed by atoms with E-state index in [9.17, 15) is 4.79 Å². The van der Waals surface area contributed by atoms with Crippen LogP contribution in [0.2, 0.25) is 0 Å². The number of carbonyl (C=O) groups excluding carboxylic acids is 1. The van der Waals surface area contributed by atoms with Crippen LogP contribution in [0.4, 0.5) is 5.13 Å². The van der Waals surface area contributed by atoms with Crippen molar-refractivity contribution in [3.63, 3.8) is 0 Å². The lowest BCUT2D eigenvalue weighted by molar-refractivity contribution is 0.102. The summed E-state index contributed by atoms with van der Waals surface area (Å²) < 4.78 is 6.80. The smallest absolute Gasteiger partial charge is 0.261 e. The summed E-state index contributed by atoms with van der Waals surface area (Å²) in [4.78, 5) is 18.4. The zero-order valence-electron chi connectivity index (χ0n) is 15.5. The van der Waals surface area contributed by atoms with Crippen LogP contribution in [0.3, 0.4) is 0 Å². The van der Waals surface area contributed by atoms with E-state index in [1.807, 2.05) is 45.0 Å². The first-order chi connectivity index (χ1) is 12.9. The Morgan fingerprint density at radius 2 is 1.89 bits per heavy atom. The number of rotatable bonds is 6. The van der Waals surface area contributed by atoms with Crippen molar-refractivity contribution >= 4 is 38.3 Å². The van der Waals surface area contributed by atoms with Gasteiger partial charge in [-0.15, -0.1) is 11.3 Å². The molecule has 140 valence electrons. The highest BCUT2D eigenvalue weighted by atomic mass is 79.9. The Kier molecular flexibility index (Phi) is 6.29. The third kappa shape index (κ3) is 5.17. The average molecular weight is 445 g/mol. The molecule has 0 spiro atoms. The summed E-state index contributed by atoms with van der Waals surface area (Å²) in [5.41, 5.74) is 2.65. The van der Waals surface area contributed by atoms with Gasteiger partial charge in [-0.2, -0.15) is 0 Å². The average Bonchev–Trinajstić information content (AvgIpc) is 2.96. The van der Waals surface area contributed by atoms with E-state index in [0.29, 0.717) is 16.4 Å². The van der Waals surface area contributed by atoms with E-state index in [-0.39, 0.29) is 12.0 Å². The number of anilines is 1. The number of para-hydroxylation sites is 1. The molecule has 0 atom stereocenters. The molecule has 3 rings (SSSR count). The van der Waals surface area contributed by atoms with Gasteiger partial charge in [0.25, 0.3) is 5.91 Å². The standard InChI is InChI=1S/C21H21BrN2O2S/c1-13(2)26-18-7-5-4-6-17(18)20(25)24-21-23-14(3)19(27-21)12-15-8-10-16(22)11-9-15/h4-11,13H,12H2,1-3H3,(H,23,24,25). The zero-order chi connectivity index (χ0) is 19.4. The highest BCUT2D eigenvalue weighted by molar-refractivity contribution is 9.10. The maximum Gasteiger partial charge on any atom is 0.261 e. The number of thiazole rings is 1. The lowest BCUT2D eigenvalue weighted by Crippen LogP contribution is -2.15. The molecule has 0 fully saturated rings. The number of halogens is 1. The highest BCUT2D eigenvalue weighted by Crippen LogP contribution is 2.27. The number of aromatic nitrogens is 1. The lowest BCUT2D eigenvalue weighted by atomic mass is 10.1. The van der Waals surface area contributed by atoms with Crippen LogP contribution in [0.5, 0.6) is 5.75 Å². The Morgan fingerprint density at radius 3 is 2.59 bits per heavy atom. The molecular formula is C21H21BrN2O2S. The highest BCUT2D eigenvalue weighted by Gasteiger charge is 2.16. The molecule has 0 aliphatic rings. The van der Waals surface area contributed by atoms with E-state index in [1.165, 1.54) is 16.9 Å². The molecule has 3 aromatic rings. The second-order valence-electron chi connectivity index (χ2n) is 6.45. The number of hydrogen-bond donors (Lipinski definition) is 1. The minimum Gasteiger partial charge on any atom is -0.490 e. The molecule has 4 nitrogen and oxygen atoms in total. The van der Waals surface area contributed by atoms with Gasteiger partial charge in [-0.25, -0.2) is 4.98 Å². The first-order valence-electron chi connectivity index (χ1n) is 8.70. The summed E-state index contributed by atoms with van der Waals surface area (Å²) in [6.07, 6.45) is 0.790. The number of nitrogens with zero attached hydrogens (tertiary/aromatic N) is 1. The summed E-state index contributed by atoms with van der Waals surface area (Å²) in [5.74, 6) is 0.364. The Bertz CT molecular complexity index is 936. The first kappa shape index (κ1) is 19.6. The Morgan fingerprint density at radius 1 is 1.19 bits per heavy atom. The van der Waals surface area contributed by atoms with Gasteiger partial charge in [-0.1, -0.05) is 40.2 Å². The fourth-order valence-corrected chi connectivity index (χ4v) is 3.86. The largest absolute Gasteiger partial charge is 0.490 e. The molecule has 0 aliphatic heterocycles. The molecule has 0 radical (unpaired) electrons. The summed E-state index contributed by atoms with van der Waals surface area (Å²) in [6, 6.07) is 15.5. The van der Waals surface area contributed by atoms with Crippen LogP contribution < -0.4 is 10.1 Å². The minimum atomic E-state index is -0.213. The molecule has 1 heterocycles. The van der Waals surface area contributed by atoms with Gasteiger partial charge in [0.1, 0.15) is 5.75 Å². The van der Waals surface area contributed by atoms with E-state index in [4.69, 9.17) is 4.74 Å². The van der Waals surface area contributed by atoms with Crippen LogP contribution in [0.25, 0.3) is 0 Å². The molecule has 1 aromatic heterocycles. The van der Waals surface area contributed by atoms with Crippen molar-refractivity contribution < 1.29 is 9.53 Å². The van der Waals surface area contributed by atoms with Crippen LogP contribution in [-0.4, -0.2) is 17.0 Å². The monoisotopic (exact) mass is 444 g/mol. The molecule has 0 saturated heterocycles. The predicted molar refractivity (Wildman–Crippen MR) is 114 cm³/mol. The second-order valence-corrected chi connectivity index (χ2v) is 8.45. The van der Waals surface area contributed by atoms with Crippen LogP contribution in [-0.2, 0) is 6.42 Å². The summed E-state index contributed by atoms with van der Waals surface area (Å²) in [6.45, 7) is 5.84. The predicted octanol–water partition coefficient (Wildman–Crippen LogP) is 5.84. The fourth-order valence-electron chi connectivity index (χ4n) is 2.61. The van der Waals surface area contributed by atoms with E-state index >= 15 is 0 Å². The third-order valence-corrected chi connectivity index (χ3v) is 5.49. The number of aryl methyl sites for hydroxylation is 1. The van der Waals surface area contributed by atoms with E-state index in [2.05, 4.69) is 38.4 Å². The summed E-state index contributed by atoms with van der Waals surface area (Å²) in [7, 11) is 0. The summed E-state index contributed by atoms with van der Waals surface area (Å²) >= 11 is 4.96. The molecule has 1 N–H and O–H groups in total. The fraction of sp³-hybridized carbons (Fsp3) is 0.238. The van der Waals surface area contributed by atoms with Gasteiger partial charge in [0.2, 0.25) is 0 Å². The number of carbonyl (C=O) groups is 1. The Labute approximate surface area is 171 Å².